The second-order valence-electron chi connectivity index (χ2n) is 6.09. The minimum absolute atomic E-state index is 0.664. The second kappa shape index (κ2) is 7.58. The number of pyridine rings is 1. The summed E-state index contributed by atoms with van der Waals surface area (Å²) < 4.78 is 2.50. The largest absolute Gasteiger partial charge is 0.478 e. The van der Waals surface area contributed by atoms with Gasteiger partial charge in [-0.05, 0) is 25.1 Å². The van der Waals surface area contributed by atoms with Crippen LogP contribution in [0.3, 0.4) is 0 Å². The van der Waals surface area contributed by atoms with Crippen molar-refractivity contribution in [1.82, 2.24) is 14.8 Å². The average Bonchev–Trinajstić information content (AvgIpc) is 3.31. The van der Waals surface area contributed by atoms with Gasteiger partial charge in [0.1, 0.15) is 0 Å². The van der Waals surface area contributed by atoms with Crippen molar-refractivity contribution in [3.8, 4) is 21.7 Å². The maximum atomic E-state index is 11.2. The zero-order valence-corrected chi connectivity index (χ0v) is 16.5. The number of hydrogen-bond donors (Lipinski definition) is 1. The number of aliphatic carboxylic acids is 1. The summed E-state index contributed by atoms with van der Waals surface area (Å²) in [6.07, 6.45) is 4.52. The molecule has 0 fully saturated rings. The molecule has 0 saturated carbocycles. The van der Waals surface area contributed by atoms with Gasteiger partial charge >= 0.3 is 5.97 Å². The number of thiophene rings is 1. The van der Waals surface area contributed by atoms with Gasteiger partial charge in [-0.25, -0.2) is 14.5 Å². The van der Waals surface area contributed by atoms with Crippen LogP contribution in [-0.4, -0.2) is 25.8 Å². The van der Waals surface area contributed by atoms with E-state index in [1.165, 1.54) is 11.3 Å². The number of rotatable bonds is 5. The van der Waals surface area contributed by atoms with Gasteiger partial charge in [-0.3, -0.25) is 0 Å². The Balaban J connectivity index is 2.14. The third-order valence-electron chi connectivity index (χ3n) is 4.38. The molecule has 1 N–H and O–H groups in total. The number of carboxylic acid groups (broad SMARTS) is 1. The average molecular weight is 410 g/mol. The van der Waals surface area contributed by atoms with E-state index in [1.807, 2.05) is 54.1 Å². The molecule has 0 aliphatic heterocycles. The van der Waals surface area contributed by atoms with Gasteiger partial charge in [0.25, 0.3) is 0 Å². The van der Waals surface area contributed by atoms with E-state index in [1.54, 1.807) is 12.3 Å². The van der Waals surface area contributed by atoms with E-state index in [9.17, 15) is 9.90 Å². The van der Waals surface area contributed by atoms with Crippen LogP contribution < -0.4 is 0 Å². The summed E-state index contributed by atoms with van der Waals surface area (Å²) in [6, 6.07) is 13.5. The molecular weight excluding hydrogens is 394 g/mol. The molecule has 0 saturated heterocycles. The van der Waals surface area contributed by atoms with Gasteiger partial charge in [0, 0.05) is 39.6 Å². The highest BCUT2D eigenvalue weighted by Gasteiger charge is 2.20. The molecule has 7 heteroatoms. The Morgan fingerprint density at radius 1 is 1.25 bits per heavy atom. The van der Waals surface area contributed by atoms with Crippen LogP contribution in [0.2, 0.25) is 4.34 Å². The molecule has 140 valence electrons. The first-order valence-electron chi connectivity index (χ1n) is 8.70. The Morgan fingerprint density at radius 2 is 2.04 bits per heavy atom. The van der Waals surface area contributed by atoms with Gasteiger partial charge in [0.15, 0.2) is 5.65 Å². The van der Waals surface area contributed by atoms with E-state index in [4.69, 9.17) is 16.6 Å². The summed E-state index contributed by atoms with van der Waals surface area (Å²) in [5.74, 6) is -1.02. The van der Waals surface area contributed by atoms with Crippen molar-refractivity contribution in [3.63, 3.8) is 0 Å². The number of hydrogen-bond acceptors (Lipinski definition) is 4. The molecule has 0 atom stereocenters. The van der Waals surface area contributed by atoms with Crippen molar-refractivity contribution < 1.29 is 9.90 Å². The molecule has 0 radical (unpaired) electrons. The summed E-state index contributed by atoms with van der Waals surface area (Å²) in [6.45, 7) is 2.69. The van der Waals surface area contributed by atoms with Gasteiger partial charge in [-0.2, -0.15) is 5.10 Å². The third kappa shape index (κ3) is 3.32. The topological polar surface area (TPSA) is 68.0 Å². The number of carboxylic acids is 1. The Bertz CT molecular complexity index is 1200. The maximum Gasteiger partial charge on any atom is 0.328 e. The van der Waals surface area contributed by atoms with Crippen LogP contribution in [0.15, 0.2) is 54.7 Å². The molecule has 28 heavy (non-hydrogen) atoms. The van der Waals surface area contributed by atoms with Crippen LogP contribution in [0.5, 0.6) is 0 Å². The van der Waals surface area contributed by atoms with Crippen molar-refractivity contribution in [2.24, 2.45) is 0 Å². The predicted molar refractivity (Wildman–Crippen MR) is 114 cm³/mol. The lowest BCUT2D eigenvalue weighted by Crippen LogP contribution is -2.01. The van der Waals surface area contributed by atoms with Crippen molar-refractivity contribution >= 4 is 46.0 Å². The van der Waals surface area contributed by atoms with Gasteiger partial charge in [-0.1, -0.05) is 41.9 Å². The van der Waals surface area contributed by atoms with Crippen LogP contribution >= 0.6 is 22.9 Å². The number of aromatic nitrogens is 3. The molecule has 5 nitrogen and oxygen atoms in total. The summed E-state index contributed by atoms with van der Waals surface area (Å²) in [5.41, 5.74) is 3.99. The fourth-order valence-corrected chi connectivity index (χ4v) is 4.30. The first-order chi connectivity index (χ1) is 13.6. The standard InChI is InChI=1S/C21H16ClN3O2S/c1-2-25-21-15(12-23-25)19(16-9-10-17(22)28-16)14(8-11-18(26)27)20(24-21)13-6-4-3-5-7-13/h3-12H,2H2,1H3,(H,26,27)/b11-8+. The molecule has 0 bridgehead atoms. The monoisotopic (exact) mass is 409 g/mol. The number of nitrogens with zero attached hydrogens (tertiary/aromatic N) is 3. The number of fused-ring (bicyclic) bond motifs is 1. The number of halogens is 1. The zero-order chi connectivity index (χ0) is 19.7. The first-order valence-corrected chi connectivity index (χ1v) is 9.89. The van der Waals surface area contributed by atoms with Gasteiger partial charge in [0.05, 0.1) is 16.2 Å². The van der Waals surface area contributed by atoms with E-state index in [-0.39, 0.29) is 0 Å². The normalized spacial score (nSPS) is 11.5. The summed E-state index contributed by atoms with van der Waals surface area (Å²) in [4.78, 5) is 17.1. The summed E-state index contributed by atoms with van der Waals surface area (Å²) in [7, 11) is 0. The molecule has 0 spiro atoms. The van der Waals surface area contributed by atoms with Gasteiger partial charge < -0.3 is 5.11 Å². The van der Waals surface area contributed by atoms with Crippen LogP contribution in [0.1, 0.15) is 12.5 Å². The summed E-state index contributed by atoms with van der Waals surface area (Å²) >= 11 is 7.64. The summed E-state index contributed by atoms with van der Waals surface area (Å²) in [5, 5.41) is 14.5. The molecule has 0 aliphatic rings. The highest BCUT2D eigenvalue weighted by atomic mass is 35.5. The molecule has 4 aromatic rings. The molecule has 0 amide bonds. The van der Waals surface area contributed by atoms with Crippen LogP contribution in [-0.2, 0) is 11.3 Å². The van der Waals surface area contributed by atoms with Gasteiger partial charge in [0.2, 0.25) is 0 Å². The highest BCUT2D eigenvalue weighted by molar-refractivity contribution is 7.19. The van der Waals surface area contributed by atoms with E-state index >= 15 is 0 Å². The third-order valence-corrected chi connectivity index (χ3v) is 5.63. The van der Waals surface area contributed by atoms with Gasteiger partial charge in [-0.15, -0.1) is 11.3 Å². The van der Waals surface area contributed by atoms with E-state index in [2.05, 4.69) is 5.10 Å². The van der Waals surface area contributed by atoms with E-state index in [0.717, 1.165) is 38.7 Å². The van der Waals surface area contributed by atoms with E-state index in [0.29, 0.717) is 16.6 Å². The quantitative estimate of drug-likeness (QED) is 0.436. The van der Waals surface area contributed by atoms with Crippen molar-refractivity contribution in [3.05, 3.63) is 64.6 Å². The van der Waals surface area contributed by atoms with Crippen LogP contribution in [0.4, 0.5) is 0 Å². The minimum Gasteiger partial charge on any atom is -0.478 e. The molecule has 3 heterocycles. The Hall–Kier alpha value is -2.96. The van der Waals surface area contributed by atoms with Crippen LogP contribution in [0, 0.1) is 0 Å². The SMILES string of the molecule is CCn1ncc2c(-c3ccc(Cl)s3)c(/C=C/C(=O)O)c(-c3ccccc3)nc21. The Kier molecular flexibility index (Phi) is 4.98. The second-order valence-corrected chi connectivity index (χ2v) is 7.80. The van der Waals surface area contributed by atoms with Crippen molar-refractivity contribution in [2.45, 2.75) is 13.5 Å². The highest BCUT2D eigenvalue weighted by Crippen LogP contribution is 2.41. The molecule has 0 aliphatic carbocycles. The fraction of sp³-hybridized carbons (Fsp3) is 0.0952. The van der Waals surface area contributed by atoms with E-state index < -0.39 is 5.97 Å². The Labute approximate surface area is 170 Å². The molecule has 3 aromatic heterocycles. The first kappa shape index (κ1) is 18.4. The smallest absolute Gasteiger partial charge is 0.328 e. The molecule has 0 unspecified atom stereocenters. The molecular formula is C21H16ClN3O2S. The lowest BCUT2D eigenvalue weighted by atomic mass is 9.97. The van der Waals surface area contributed by atoms with Crippen molar-refractivity contribution in [2.75, 3.05) is 0 Å². The lowest BCUT2D eigenvalue weighted by Gasteiger charge is -2.13. The number of carbonyl (C=O) groups is 1. The predicted octanol–water partition coefficient (Wildman–Crippen LogP) is 5.60. The molecule has 4 rings (SSSR count). The van der Waals surface area contributed by atoms with Crippen LogP contribution in [0.25, 0.3) is 38.8 Å². The van der Waals surface area contributed by atoms with Crippen molar-refractivity contribution in [1.29, 1.82) is 0 Å². The minimum atomic E-state index is -1.02. The Morgan fingerprint density at radius 3 is 2.68 bits per heavy atom. The number of benzene rings is 1. The lowest BCUT2D eigenvalue weighted by molar-refractivity contribution is -0.131. The molecule has 1 aromatic carbocycles. The maximum absolute atomic E-state index is 11.2. The zero-order valence-electron chi connectivity index (χ0n) is 15.0. The number of aryl methyl sites for hydroxylation is 1. The fourth-order valence-electron chi connectivity index (χ4n) is 3.18.